The van der Waals surface area contributed by atoms with Crippen LogP contribution in [0.15, 0.2) is 59.4 Å². The van der Waals surface area contributed by atoms with E-state index in [1.54, 1.807) is 29.0 Å². The van der Waals surface area contributed by atoms with Crippen molar-refractivity contribution in [3.8, 4) is 17.2 Å². The molecule has 0 aromatic carbocycles. The van der Waals surface area contributed by atoms with Gasteiger partial charge < -0.3 is 0 Å². The summed E-state index contributed by atoms with van der Waals surface area (Å²) < 4.78 is 16.2. The van der Waals surface area contributed by atoms with E-state index in [2.05, 4.69) is 31.5 Å². The summed E-state index contributed by atoms with van der Waals surface area (Å²) in [6.07, 6.45) is 7.33. The van der Waals surface area contributed by atoms with Crippen LogP contribution in [-0.4, -0.2) is 40.5 Å². The van der Waals surface area contributed by atoms with E-state index in [1.807, 2.05) is 6.26 Å². The minimum Gasteiger partial charge on any atom is -0.267 e. The fraction of sp³-hybridized carbons (Fsp3) is 0.111. The molecule has 0 spiro atoms. The lowest BCUT2D eigenvalue weighted by atomic mass is 10.3. The number of hydrogen-bond acceptors (Lipinski definition) is 7. The van der Waals surface area contributed by atoms with Gasteiger partial charge in [-0.2, -0.15) is 4.39 Å². The molecule has 0 saturated heterocycles. The predicted molar refractivity (Wildman–Crippen MR) is 104 cm³/mol. The number of rotatable bonds is 5. The summed E-state index contributed by atoms with van der Waals surface area (Å²) in [4.78, 5) is 33.7. The van der Waals surface area contributed by atoms with Gasteiger partial charge in [-0.3, -0.25) is 4.79 Å². The van der Waals surface area contributed by atoms with Gasteiger partial charge in [-0.05, 0) is 18.4 Å². The summed E-state index contributed by atoms with van der Waals surface area (Å²) in [5.41, 5.74) is 1.11. The Kier molecular flexibility index (Phi) is 4.70. The molecular formula is C18H14FN7OS. The molecule has 0 unspecified atom stereocenters. The van der Waals surface area contributed by atoms with E-state index in [4.69, 9.17) is 0 Å². The van der Waals surface area contributed by atoms with Crippen LogP contribution in [0.3, 0.4) is 0 Å². The molecule has 0 aliphatic carbocycles. The molecule has 4 rings (SSSR count). The van der Waals surface area contributed by atoms with Crippen LogP contribution in [-0.2, 0) is 6.54 Å². The second-order valence-electron chi connectivity index (χ2n) is 5.69. The predicted octanol–water partition coefficient (Wildman–Crippen LogP) is 2.48. The van der Waals surface area contributed by atoms with Crippen molar-refractivity contribution in [1.29, 1.82) is 0 Å². The van der Waals surface area contributed by atoms with E-state index >= 15 is 0 Å². The van der Waals surface area contributed by atoms with Crippen molar-refractivity contribution >= 4 is 22.8 Å². The van der Waals surface area contributed by atoms with Crippen molar-refractivity contribution in [1.82, 2.24) is 34.3 Å². The summed E-state index contributed by atoms with van der Waals surface area (Å²) in [5, 5.41) is 0.922. The van der Waals surface area contributed by atoms with Crippen LogP contribution >= 0.6 is 11.8 Å². The Morgan fingerprint density at radius 1 is 1.14 bits per heavy atom. The van der Waals surface area contributed by atoms with Crippen LogP contribution in [0.4, 0.5) is 4.39 Å². The SMILES string of the molecule is C=CCn1c(=O)c2cnc(SC)nc2n1-c1cccc(-c2cnc(F)cn2)n1. The number of nitrogens with zero attached hydrogens (tertiary/aromatic N) is 7. The molecule has 140 valence electrons. The maximum Gasteiger partial charge on any atom is 0.278 e. The highest BCUT2D eigenvalue weighted by atomic mass is 32.2. The zero-order valence-electron chi connectivity index (χ0n) is 14.8. The number of halogens is 1. The molecule has 0 atom stereocenters. The Balaban J connectivity index is 1.96. The van der Waals surface area contributed by atoms with Gasteiger partial charge in [0.15, 0.2) is 16.6 Å². The molecule has 0 radical (unpaired) electrons. The largest absolute Gasteiger partial charge is 0.278 e. The van der Waals surface area contributed by atoms with Gasteiger partial charge in [0.1, 0.15) is 11.1 Å². The summed E-state index contributed by atoms with van der Waals surface area (Å²) in [5.74, 6) is -0.208. The minimum absolute atomic E-state index is 0.240. The fourth-order valence-electron chi connectivity index (χ4n) is 2.76. The van der Waals surface area contributed by atoms with Crippen LogP contribution in [0.2, 0.25) is 0 Å². The third kappa shape index (κ3) is 3.07. The highest BCUT2D eigenvalue weighted by Gasteiger charge is 2.18. The van der Waals surface area contributed by atoms with Gasteiger partial charge in [0.05, 0.1) is 24.6 Å². The molecule has 28 heavy (non-hydrogen) atoms. The van der Waals surface area contributed by atoms with Crippen LogP contribution < -0.4 is 5.56 Å². The lowest BCUT2D eigenvalue weighted by Crippen LogP contribution is -2.22. The Bertz CT molecular complexity index is 1230. The molecule has 0 saturated carbocycles. The normalized spacial score (nSPS) is 11.1. The molecule has 4 heterocycles. The molecule has 4 aromatic heterocycles. The van der Waals surface area contributed by atoms with Crippen molar-refractivity contribution in [3.05, 3.63) is 65.7 Å². The van der Waals surface area contributed by atoms with Crippen LogP contribution in [0, 0.1) is 5.95 Å². The number of hydrogen-bond donors (Lipinski definition) is 0. The Labute approximate surface area is 162 Å². The average molecular weight is 395 g/mol. The fourth-order valence-corrected chi connectivity index (χ4v) is 3.10. The molecule has 4 aromatic rings. The van der Waals surface area contributed by atoms with Crippen molar-refractivity contribution in [2.45, 2.75) is 11.7 Å². The molecular weight excluding hydrogens is 381 g/mol. The van der Waals surface area contributed by atoms with E-state index in [9.17, 15) is 9.18 Å². The molecule has 0 fully saturated rings. The van der Waals surface area contributed by atoms with E-state index in [0.717, 1.165) is 6.20 Å². The summed E-state index contributed by atoms with van der Waals surface area (Å²) in [7, 11) is 0. The first-order chi connectivity index (χ1) is 13.6. The molecule has 10 heteroatoms. The second kappa shape index (κ2) is 7.31. The van der Waals surface area contributed by atoms with Crippen molar-refractivity contribution in [3.63, 3.8) is 0 Å². The van der Waals surface area contributed by atoms with Crippen LogP contribution in [0.1, 0.15) is 0 Å². The molecule has 0 aliphatic heterocycles. The summed E-state index contributed by atoms with van der Waals surface area (Å²) in [6.45, 7) is 3.99. The summed E-state index contributed by atoms with van der Waals surface area (Å²) >= 11 is 1.38. The monoisotopic (exact) mass is 395 g/mol. The number of pyridine rings is 1. The smallest absolute Gasteiger partial charge is 0.267 e. The zero-order valence-corrected chi connectivity index (χ0v) is 15.6. The van der Waals surface area contributed by atoms with E-state index in [-0.39, 0.29) is 12.1 Å². The number of fused-ring (bicyclic) bond motifs is 1. The number of thioether (sulfide) groups is 1. The standard InChI is InChI=1S/C18H14FN7OS/c1-3-7-25-17(27)11-8-22-18(28-2)24-16(11)26(25)15-6-4-5-12(23-15)13-9-21-14(19)10-20-13/h3-6,8-10H,1,7H2,2H3. The highest BCUT2D eigenvalue weighted by Crippen LogP contribution is 2.20. The first-order valence-electron chi connectivity index (χ1n) is 8.21. The van der Waals surface area contributed by atoms with E-state index < -0.39 is 5.95 Å². The van der Waals surface area contributed by atoms with Gasteiger partial charge in [-0.15, -0.1) is 6.58 Å². The van der Waals surface area contributed by atoms with E-state index in [0.29, 0.717) is 33.4 Å². The van der Waals surface area contributed by atoms with Crippen LogP contribution in [0.25, 0.3) is 28.2 Å². The lowest BCUT2D eigenvalue weighted by Gasteiger charge is -2.11. The second-order valence-corrected chi connectivity index (χ2v) is 6.46. The molecule has 0 bridgehead atoms. The van der Waals surface area contributed by atoms with E-state index in [1.165, 1.54) is 28.8 Å². The minimum atomic E-state index is -0.669. The van der Waals surface area contributed by atoms with Gasteiger partial charge in [0, 0.05) is 6.20 Å². The van der Waals surface area contributed by atoms with Crippen molar-refractivity contribution in [2.75, 3.05) is 6.26 Å². The molecule has 8 nitrogen and oxygen atoms in total. The Morgan fingerprint density at radius 2 is 2.00 bits per heavy atom. The van der Waals surface area contributed by atoms with Crippen molar-refractivity contribution in [2.24, 2.45) is 0 Å². The van der Waals surface area contributed by atoms with Crippen molar-refractivity contribution < 1.29 is 4.39 Å². The molecule has 0 aliphatic rings. The summed E-state index contributed by atoms with van der Waals surface area (Å²) in [6, 6.07) is 5.25. The number of aromatic nitrogens is 7. The first-order valence-corrected chi connectivity index (χ1v) is 9.43. The molecule has 0 N–H and O–H groups in total. The van der Waals surface area contributed by atoms with Gasteiger partial charge in [0.25, 0.3) is 5.56 Å². The van der Waals surface area contributed by atoms with Gasteiger partial charge in [0.2, 0.25) is 5.95 Å². The van der Waals surface area contributed by atoms with Crippen LogP contribution in [0.5, 0.6) is 0 Å². The topological polar surface area (TPSA) is 91.4 Å². The maximum absolute atomic E-state index is 13.1. The maximum atomic E-state index is 13.1. The average Bonchev–Trinajstić information content (AvgIpc) is 3.00. The quantitative estimate of drug-likeness (QED) is 0.291. The highest BCUT2D eigenvalue weighted by molar-refractivity contribution is 7.98. The number of allylic oxidation sites excluding steroid dienone is 1. The molecule has 0 amide bonds. The zero-order chi connectivity index (χ0) is 19.7. The first kappa shape index (κ1) is 18.0. The lowest BCUT2D eigenvalue weighted by molar-refractivity contribution is 0.577. The third-order valence-electron chi connectivity index (χ3n) is 3.97. The van der Waals surface area contributed by atoms with Gasteiger partial charge >= 0.3 is 0 Å². The Hall–Kier alpha value is -3.40. The third-order valence-corrected chi connectivity index (χ3v) is 4.53. The van der Waals surface area contributed by atoms with Gasteiger partial charge in [-0.1, -0.05) is 23.9 Å². The Morgan fingerprint density at radius 3 is 2.71 bits per heavy atom. The van der Waals surface area contributed by atoms with Gasteiger partial charge in [-0.25, -0.2) is 34.3 Å².